The molecule has 0 unspecified atom stereocenters. The van der Waals surface area contributed by atoms with Crippen molar-refractivity contribution >= 4 is 0 Å². The minimum absolute atomic E-state index is 0.805. The lowest BCUT2D eigenvalue weighted by atomic mass is 9.86. The lowest BCUT2D eigenvalue weighted by molar-refractivity contribution is 0.125. The molecule has 3 rings (SSSR count). The Hall–Kier alpha value is -0.960. The van der Waals surface area contributed by atoms with Gasteiger partial charge in [0, 0.05) is 43.0 Å². The van der Waals surface area contributed by atoms with Gasteiger partial charge in [-0.05, 0) is 31.6 Å². The van der Waals surface area contributed by atoms with E-state index < -0.39 is 0 Å². The van der Waals surface area contributed by atoms with Crippen LogP contribution in [-0.4, -0.2) is 27.5 Å². The molecule has 0 saturated heterocycles. The van der Waals surface area contributed by atoms with Gasteiger partial charge in [-0.3, -0.25) is 4.90 Å². The molecule has 2 aliphatic rings. The Bertz CT molecular complexity index is 383. The van der Waals surface area contributed by atoms with Crippen molar-refractivity contribution in [1.29, 1.82) is 0 Å². The van der Waals surface area contributed by atoms with Crippen LogP contribution in [0.3, 0.4) is 0 Å². The molecule has 1 aliphatic heterocycles. The van der Waals surface area contributed by atoms with Gasteiger partial charge in [-0.1, -0.05) is 6.92 Å². The molecule has 0 aromatic carbocycles. The molecule has 1 aromatic rings. The Balaban J connectivity index is 1.68. The van der Waals surface area contributed by atoms with Crippen molar-refractivity contribution < 1.29 is 0 Å². The lowest BCUT2D eigenvalue weighted by Crippen LogP contribution is -2.41. The zero-order chi connectivity index (χ0) is 11.7. The molecule has 0 N–H and O–H groups in total. The maximum Gasteiger partial charge on any atom is 0.115 e. The fourth-order valence-corrected chi connectivity index (χ4v) is 3.21. The number of hydrogen-bond donors (Lipinski definition) is 0. The van der Waals surface area contributed by atoms with E-state index in [0.717, 1.165) is 24.9 Å². The van der Waals surface area contributed by atoms with Crippen LogP contribution in [0.2, 0.25) is 0 Å². The highest BCUT2D eigenvalue weighted by atomic mass is 15.2. The Morgan fingerprint density at radius 3 is 2.88 bits per heavy atom. The van der Waals surface area contributed by atoms with Gasteiger partial charge in [0.25, 0.3) is 0 Å². The van der Waals surface area contributed by atoms with Crippen molar-refractivity contribution in [2.75, 3.05) is 6.54 Å². The van der Waals surface area contributed by atoms with Crippen molar-refractivity contribution in [2.24, 2.45) is 5.92 Å². The zero-order valence-electron chi connectivity index (χ0n) is 10.6. The molecule has 92 valence electrons. The molecule has 1 aromatic heterocycles. The summed E-state index contributed by atoms with van der Waals surface area (Å²) in [4.78, 5) is 11.2. The number of rotatable bonds is 1. The van der Waals surface area contributed by atoms with Crippen molar-refractivity contribution in [3.63, 3.8) is 0 Å². The molecule has 1 aliphatic carbocycles. The fourth-order valence-electron chi connectivity index (χ4n) is 3.21. The van der Waals surface area contributed by atoms with Gasteiger partial charge in [0.05, 0.1) is 0 Å². The molecule has 0 radical (unpaired) electrons. The summed E-state index contributed by atoms with van der Waals surface area (Å²) in [6.07, 6.45) is 10.3. The van der Waals surface area contributed by atoms with Crippen LogP contribution in [0.15, 0.2) is 12.5 Å². The van der Waals surface area contributed by atoms with E-state index in [2.05, 4.69) is 21.8 Å². The van der Waals surface area contributed by atoms with Crippen LogP contribution < -0.4 is 0 Å². The van der Waals surface area contributed by atoms with Crippen molar-refractivity contribution in [1.82, 2.24) is 14.9 Å². The van der Waals surface area contributed by atoms with Crippen LogP contribution in [-0.2, 0) is 13.0 Å². The van der Waals surface area contributed by atoms with Crippen LogP contribution in [0.1, 0.15) is 43.9 Å². The monoisotopic (exact) mass is 231 g/mol. The van der Waals surface area contributed by atoms with E-state index in [1.807, 2.05) is 6.20 Å². The summed E-state index contributed by atoms with van der Waals surface area (Å²) in [5, 5.41) is 0. The molecule has 0 atom stereocenters. The second-order valence-electron chi connectivity index (χ2n) is 5.63. The number of hydrogen-bond acceptors (Lipinski definition) is 3. The van der Waals surface area contributed by atoms with Gasteiger partial charge < -0.3 is 0 Å². The van der Waals surface area contributed by atoms with Crippen molar-refractivity contribution in [3.8, 4) is 0 Å². The number of nitrogens with zero attached hydrogens (tertiary/aromatic N) is 3. The van der Waals surface area contributed by atoms with E-state index in [9.17, 15) is 0 Å². The molecular formula is C14H21N3. The normalized spacial score (nSPS) is 29.9. The van der Waals surface area contributed by atoms with Crippen LogP contribution in [0.25, 0.3) is 0 Å². The number of fused-ring (bicyclic) bond motifs is 1. The molecule has 0 spiro atoms. The topological polar surface area (TPSA) is 29.0 Å². The fraction of sp³-hybridized carbons (Fsp3) is 0.714. The van der Waals surface area contributed by atoms with E-state index in [4.69, 9.17) is 0 Å². The Morgan fingerprint density at radius 1 is 1.24 bits per heavy atom. The largest absolute Gasteiger partial charge is 0.296 e. The lowest BCUT2D eigenvalue weighted by Gasteiger charge is -2.38. The third-order valence-corrected chi connectivity index (χ3v) is 4.39. The van der Waals surface area contributed by atoms with E-state index in [1.54, 1.807) is 6.33 Å². The highest BCUT2D eigenvalue weighted by Gasteiger charge is 2.27. The summed E-state index contributed by atoms with van der Waals surface area (Å²) in [5.41, 5.74) is 2.61. The zero-order valence-corrected chi connectivity index (χ0v) is 10.6. The predicted octanol–water partition coefficient (Wildman–Crippen LogP) is 2.41. The van der Waals surface area contributed by atoms with E-state index in [0.29, 0.717) is 0 Å². The van der Waals surface area contributed by atoms with Crippen LogP contribution in [0, 0.1) is 5.92 Å². The first-order valence-corrected chi connectivity index (χ1v) is 6.84. The maximum absolute atomic E-state index is 4.37. The molecule has 3 nitrogen and oxygen atoms in total. The average molecular weight is 231 g/mol. The van der Waals surface area contributed by atoms with Crippen molar-refractivity contribution in [2.45, 2.75) is 51.6 Å². The molecule has 0 amide bonds. The van der Waals surface area contributed by atoms with Gasteiger partial charge in [0.2, 0.25) is 0 Å². The van der Waals surface area contributed by atoms with Crippen LogP contribution in [0.5, 0.6) is 0 Å². The molecule has 17 heavy (non-hydrogen) atoms. The van der Waals surface area contributed by atoms with Gasteiger partial charge in [0.15, 0.2) is 0 Å². The van der Waals surface area contributed by atoms with Gasteiger partial charge in [0.1, 0.15) is 6.33 Å². The first-order chi connectivity index (χ1) is 8.33. The molecule has 0 bridgehead atoms. The van der Waals surface area contributed by atoms with Crippen molar-refractivity contribution in [3.05, 3.63) is 23.8 Å². The van der Waals surface area contributed by atoms with Gasteiger partial charge >= 0.3 is 0 Å². The third kappa shape index (κ3) is 2.34. The summed E-state index contributed by atoms with van der Waals surface area (Å²) in [7, 11) is 0. The predicted molar refractivity (Wildman–Crippen MR) is 67.6 cm³/mol. The second-order valence-corrected chi connectivity index (χ2v) is 5.63. The first-order valence-electron chi connectivity index (χ1n) is 6.84. The van der Waals surface area contributed by atoms with E-state index in [-0.39, 0.29) is 0 Å². The van der Waals surface area contributed by atoms with Gasteiger partial charge in [-0.2, -0.15) is 0 Å². The highest BCUT2D eigenvalue weighted by molar-refractivity contribution is 5.19. The quantitative estimate of drug-likeness (QED) is 0.743. The smallest absolute Gasteiger partial charge is 0.115 e. The Kier molecular flexibility index (Phi) is 3.10. The van der Waals surface area contributed by atoms with Crippen LogP contribution in [0.4, 0.5) is 0 Å². The number of aromatic nitrogens is 2. The molecule has 1 saturated carbocycles. The summed E-state index contributed by atoms with van der Waals surface area (Å²) < 4.78 is 0. The minimum atomic E-state index is 0.805. The first kappa shape index (κ1) is 11.1. The highest BCUT2D eigenvalue weighted by Crippen LogP contribution is 2.29. The third-order valence-electron chi connectivity index (χ3n) is 4.39. The maximum atomic E-state index is 4.37. The SMILES string of the molecule is CC1CCC(N2CCc3ncncc3C2)CC1. The summed E-state index contributed by atoms with van der Waals surface area (Å²) in [5.74, 6) is 0.937. The summed E-state index contributed by atoms with van der Waals surface area (Å²) >= 11 is 0. The molecule has 3 heteroatoms. The van der Waals surface area contributed by atoms with E-state index >= 15 is 0 Å². The summed E-state index contributed by atoms with van der Waals surface area (Å²) in [6, 6.07) is 0.805. The minimum Gasteiger partial charge on any atom is -0.296 e. The standard InChI is InChI=1S/C14H21N3/c1-11-2-4-13(5-3-11)17-7-6-14-12(9-17)8-15-10-16-14/h8,10-11,13H,2-7,9H2,1H3. The van der Waals surface area contributed by atoms with E-state index in [1.165, 1.54) is 43.5 Å². The Labute approximate surface area is 103 Å². The Morgan fingerprint density at radius 2 is 2.06 bits per heavy atom. The summed E-state index contributed by atoms with van der Waals surface area (Å²) in [6.45, 7) is 4.63. The second kappa shape index (κ2) is 4.73. The molecular weight excluding hydrogens is 210 g/mol. The van der Waals surface area contributed by atoms with Gasteiger partial charge in [-0.25, -0.2) is 9.97 Å². The average Bonchev–Trinajstić information content (AvgIpc) is 2.39. The molecule has 2 heterocycles. The van der Waals surface area contributed by atoms with Gasteiger partial charge in [-0.15, -0.1) is 0 Å². The molecule has 1 fully saturated rings. The van der Waals surface area contributed by atoms with Crippen LogP contribution >= 0.6 is 0 Å².